The van der Waals surface area contributed by atoms with Gasteiger partial charge in [-0.25, -0.2) is 4.57 Å². The Morgan fingerprint density at radius 3 is 1.45 bits per heavy atom. The number of phenolic OH excluding ortho intramolecular Hbond substituents is 2. The average Bonchev–Trinajstić information content (AvgIpc) is 3.23. The van der Waals surface area contributed by atoms with Crippen LogP contribution < -0.4 is 5.73 Å². The van der Waals surface area contributed by atoms with Gasteiger partial charge in [0.15, 0.2) is 17.6 Å². The lowest BCUT2D eigenvalue weighted by atomic mass is 10.1. The van der Waals surface area contributed by atoms with Crippen LogP contribution in [0.25, 0.3) is 0 Å². The number of phosphoric acid groups is 1. The van der Waals surface area contributed by atoms with Gasteiger partial charge < -0.3 is 40.3 Å². The quantitative estimate of drug-likeness (QED) is 0.0119. The highest BCUT2D eigenvalue weighted by molar-refractivity contribution is 7.46. The maximum atomic E-state index is 12.4. The van der Waals surface area contributed by atoms with E-state index in [0.29, 0.717) is 18.4 Å². The van der Waals surface area contributed by atoms with Crippen molar-refractivity contribution in [1.29, 1.82) is 0 Å². The minimum Gasteiger partial charge on any atom is -0.504 e. The molecule has 13 nitrogen and oxygen atoms in total. The fraction of sp³-hybridized carbons (Fsp3) is 0.729. The number of nitrogens with two attached hydrogens (primary N) is 1. The van der Waals surface area contributed by atoms with Crippen LogP contribution in [0, 0.1) is 0 Å². The predicted octanol–water partition coefficient (Wildman–Crippen LogP) is 11.7. The van der Waals surface area contributed by atoms with Crippen LogP contribution in [-0.2, 0) is 39.4 Å². The van der Waals surface area contributed by atoms with Crippen molar-refractivity contribution in [2.75, 3.05) is 13.2 Å². The van der Waals surface area contributed by atoms with Crippen LogP contribution in [0.15, 0.2) is 42.5 Å². The Morgan fingerprint density at radius 1 is 0.613 bits per heavy atom. The Balaban J connectivity index is 0.00000223. The van der Waals surface area contributed by atoms with Crippen molar-refractivity contribution in [2.24, 2.45) is 5.73 Å². The number of benzene rings is 1. The Bertz CT molecular complexity index is 1380. The molecule has 62 heavy (non-hydrogen) atoms. The first-order valence-electron chi connectivity index (χ1n) is 23.6. The number of aromatic hydroxyl groups is 2. The third-order valence-corrected chi connectivity index (χ3v) is 10.7. The van der Waals surface area contributed by atoms with Crippen LogP contribution in [-0.4, -0.2) is 68.4 Å². The molecule has 0 fully saturated rings. The van der Waals surface area contributed by atoms with E-state index in [9.17, 15) is 18.9 Å². The second-order valence-corrected chi connectivity index (χ2v) is 17.5. The largest absolute Gasteiger partial charge is 0.504 e. The van der Waals surface area contributed by atoms with Crippen LogP contribution in [0.5, 0.6) is 11.5 Å². The van der Waals surface area contributed by atoms with Crippen molar-refractivity contribution in [1.82, 2.24) is 0 Å². The summed E-state index contributed by atoms with van der Waals surface area (Å²) >= 11 is 0. The molecule has 2 unspecified atom stereocenters. The van der Waals surface area contributed by atoms with Gasteiger partial charge in [0.05, 0.1) is 6.61 Å². The van der Waals surface area contributed by atoms with Crippen LogP contribution >= 0.6 is 7.82 Å². The molecular weight excluding hydrogens is 813 g/mol. The van der Waals surface area contributed by atoms with Crippen molar-refractivity contribution in [3.8, 4) is 11.5 Å². The highest BCUT2D eigenvalue weighted by Crippen LogP contribution is 2.36. The molecule has 14 heteroatoms. The summed E-state index contributed by atoms with van der Waals surface area (Å²) in [5.74, 6) is -2.52. The number of carbonyl (C=O) groups excluding carboxylic acids is 2. The van der Waals surface area contributed by atoms with E-state index in [-0.39, 0.29) is 37.4 Å². The molecule has 0 bridgehead atoms. The van der Waals surface area contributed by atoms with Crippen molar-refractivity contribution >= 4 is 25.7 Å². The zero-order valence-electron chi connectivity index (χ0n) is 38.2. The number of rotatable bonds is 39. The fourth-order valence-corrected chi connectivity index (χ4v) is 6.88. The van der Waals surface area contributed by atoms with Crippen molar-refractivity contribution in [2.45, 2.75) is 212 Å². The lowest BCUT2D eigenvalue weighted by Crippen LogP contribution is -2.32. The van der Waals surface area contributed by atoms with Gasteiger partial charge in [0, 0.05) is 12.8 Å². The average molecular weight is 898 g/mol. The van der Waals surface area contributed by atoms with Gasteiger partial charge in [-0.2, -0.15) is 0 Å². The highest BCUT2D eigenvalue weighted by atomic mass is 31.2. The van der Waals surface area contributed by atoms with Gasteiger partial charge in [0.25, 0.3) is 0 Å². The summed E-state index contributed by atoms with van der Waals surface area (Å²) in [6.45, 7) is 3.66. The van der Waals surface area contributed by atoms with Gasteiger partial charge in [0.1, 0.15) is 12.6 Å². The smallest absolute Gasteiger partial charge is 0.469 e. The Kier molecular flexibility index (Phi) is 38.4. The molecule has 2 atom stereocenters. The van der Waals surface area contributed by atoms with E-state index in [0.717, 1.165) is 64.2 Å². The number of esters is 2. The number of phenols is 2. The normalized spacial score (nSPS) is 12.6. The summed E-state index contributed by atoms with van der Waals surface area (Å²) in [6.07, 6.45) is 39.1. The highest BCUT2D eigenvalue weighted by Gasteiger charge is 2.23. The number of phosphoric ester groups is 1. The summed E-state index contributed by atoms with van der Waals surface area (Å²) < 4.78 is 26.3. The van der Waals surface area contributed by atoms with E-state index in [1.165, 1.54) is 108 Å². The first-order chi connectivity index (χ1) is 29.8. The molecule has 7 N–H and O–H groups in total. The monoisotopic (exact) mass is 898 g/mol. The molecule has 0 aliphatic carbocycles. The molecule has 0 saturated carbocycles. The van der Waals surface area contributed by atoms with Crippen molar-refractivity contribution < 1.29 is 58.1 Å². The third kappa shape index (κ3) is 39.6. The first kappa shape index (κ1) is 58.8. The lowest BCUT2D eigenvalue weighted by molar-refractivity contribution is -0.161. The zero-order chi connectivity index (χ0) is 46.1. The maximum absolute atomic E-state index is 12.4. The molecule has 0 aromatic heterocycles. The number of aliphatic carboxylic acids is 1. The molecule has 0 aliphatic heterocycles. The molecular formula is C48H84NO12P. The van der Waals surface area contributed by atoms with Crippen LogP contribution in [0.2, 0.25) is 0 Å². The Morgan fingerprint density at radius 2 is 1.03 bits per heavy atom. The van der Waals surface area contributed by atoms with Gasteiger partial charge >= 0.3 is 25.7 Å². The van der Waals surface area contributed by atoms with Gasteiger partial charge in [0.2, 0.25) is 0 Å². The fourth-order valence-electron chi connectivity index (χ4n) is 6.52. The summed E-state index contributed by atoms with van der Waals surface area (Å²) in [4.78, 5) is 53.1. The minimum atomic E-state index is -4.75. The van der Waals surface area contributed by atoms with E-state index in [2.05, 4.69) is 42.7 Å². The first-order valence-corrected chi connectivity index (χ1v) is 25.2. The lowest BCUT2D eigenvalue weighted by Gasteiger charge is -2.18. The number of hydrogen-bond acceptors (Lipinski definition) is 10. The van der Waals surface area contributed by atoms with E-state index in [4.69, 9.17) is 40.3 Å². The molecule has 0 amide bonds. The molecule has 0 aliphatic rings. The standard InChI is InChI=1S/C39H73O8P.C9H11NO4/c1-3-5-7-9-11-13-15-17-19-21-23-25-27-29-31-33-38(40)45-35-37(36-46-48(42,43)44)47-39(41)34-32-30-28-26-24-22-20-18-16-14-12-10-8-6-4-2;10-6(9(13)14)3-5-1-2-7(11)8(12)4-5/h17-20,37H,3-16,21-36H2,1-2H3,(H2,42,43,44);1-2,4,6,11-12H,3,10H2,(H,13,14)/b19-17-,20-18-;. The van der Waals surface area contributed by atoms with E-state index in [1.54, 1.807) is 0 Å². The number of hydrogen-bond donors (Lipinski definition) is 6. The van der Waals surface area contributed by atoms with Crippen molar-refractivity contribution in [3.63, 3.8) is 0 Å². The Labute approximate surface area is 373 Å². The SMILES string of the molecule is CCCCCCCC/C=C\CCCCCCCC(=O)OCC(COP(=O)(O)O)OC(=O)CCCCCCC/C=C\CCCCCCCC.NC(Cc1ccc(O)c(O)c1)C(=O)O. The molecule has 0 spiro atoms. The third-order valence-electron chi connectivity index (χ3n) is 10.3. The minimum absolute atomic E-state index is 0.114. The molecule has 0 saturated heterocycles. The number of allylic oxidation sites excluding steroid dienone is 4. The molecule has 0 heterocycles. The summed E-state index contributed by atoms with van der Waals surface area (Å²) in [6, 6.07) is 3.09. The molecule has 1 rings (SSSR count). The summed E-state index contributed by atoms with van der Waals surface area (Å²) in [5, 5.41) is 26.6. The number of unbranched alkanes of at least 4 members (excludes halogenated alkanes) is 22. The van der Waals surface area contributed by atoms with Crippen LogP contribution in [0.3, 0.4) is 0 Å². The number of carboxylic acids is 1. The molecule has 0 radical (unpaired) electrons. The van der Waals surface area contributed by atoms with Crippen LogP contribution in [0.1, 0.15) is 199 Å². The number of carbonyl (C=O) groups is 3. The maximum Gasteiger partial charge on any atom is 0.469 e. The molecule has 1 aromatic rings. The Hall–Kier alpha value is -3.22. The van der Waals surface area contributed by atoms with E-state index in [1.807, 2.05) is 0 Å². The summed E-state index contributed by atoms with van der Waals surface area (Å²) in [7, 11) is -4.75. The van der Waals surface area contributed by atoms with E-state index < -0.39 is 44.5 Å². The second-order valence-electron chi connectivity index (χ2n) is 16.2. The van der Waals surface area contributed by atoms with Gasteiger partial charge in [-0.3, -0.25) is 18.9 Å². The summed E-state index contributed by atoms with van der Waals surface area (Å²) in [5.41, 5.74) is 5.86. The van der Waals surface area contributed by atoms with Crippen molar-refractivity contribution in [3.05, 3.63) is 48.1 Å². The predicted molar refractivity (Wildman–Crippen MR) is 247 cm³/mol. The zero-order valence-corrected chi connectivity index (χ0v) is 39.1. The van der Waals surface area contributed by atoms with Gasteiger partial charge in [-0.15, -0.1) is 0 Å². The van der Waals surface area contributed by atoms with Gasteiger partial charge in [-0.1, -0.05) is 147 Å². The number of carboxylic acid groups (broad SMARTS) is 1. The number of ether oxygens (including phenoxy) is 2. The topological polar surface area (TPSA) is 223 Å². The van der Waals surface area contributed by atoms with Gasteiger partial charge in [-0.05, 0) is 88.3 Å². The second kappa shape index (κ2) is 40.5. The molecule has 1 aromatic carbocycles. The van der Waals surface area contributed by atoms with E-state index >= 15 is 0 Å². The molecule has 358 valence electrons. The van der Waals surface area contributed by atoms with Crippen LogP contribution in [0.4, 0.5) is 0 Å².